The molecule has 0 fully saturated rings. The van der Waals surface area contributed by atoms with Crippen LogP contribution < -0.4 is 0 Å². The predicted octanol–water partition coefficient (Wildman–Crippen LogP) is 5.14. The SMILES string of the molecule is CC.CC(C)c1cc(Cl)cc(S(=O)(=O)CCO)c1.Cc1ccc(C(C)C)cc1S(=O)(=O)CCO. The van der Waals surface area contributed by atoms with Gasteiger partial charge in [-0.15, -0.1) is 0 Å². The van der Waals surface area contributed by atoms with Gasteiger partial charge < -0.3 is 10.2 Å². The van der Waals surface area contributed by atoms with Gasteiger partial charge in [-0.3, -0.25) is 0 Å². The van der Waals surface area contributed by atoms with Crippen LogP contribution in [0.3, 0.4) is 0 Å². The summed E-state index contributed by atoms with van der Waals surface area (Å²) in [5.41, 5.74) is 2.61. The minimum atomic E-state index is -3.42. The largest absolute Gasteiger partial charge is 0.395 e. The van der Waals surface area contributed by atoms with Crippen molar-refractivity contribution in [3.63, 3.8) is 0 Å². The van der Waals surface area contributed by atoms with Crippen LogP contribution in [0, 0.1) is 6.92 Å². The third kappa shape index (κ3) is 10.0. The topological polar surface area (TPSA) is 109 Å². The summed E-state index contributed by atoms with van der Waals surface area (Å²) < 4.78 is 47.2. The van der Waals surface area contributed by atoms with Gasteiger partial charge >= 0.3 is 0 Å². The van der Waals surface area contributed by atoms with Crippen LogP contribution in [-0.4, -0.2) is 51.8 Å². The van der Waals surface area contributed by atoms with E-state index in [0.29, 0.717) is 15.8 Å². The Labute approximate surface area is 210 Å². The van der Waals surface area contributed by atoms with Crippen LogP contribution in [0.4, 0.5) is 0 Å². The van der Waals surface area contributed by atoms with Gasteiger partial charge in [-0.2, -0.15) is 0 Å². The quantitative estimate of drug-likeness (QED) is 0.485. The second-order valence-corrected chi connectivity index (χ2v) is 12.8. The lowest BCUT2D eigenvalue weighted by atomic mass is 10.0. The van der Waals surface area contributed by atoms with E-state index in [0.717, 1.165) is 16.7 Å². The minimum absolute atomic E-state index is 0.178. The summed E-state index contributed by atoms with van der Waals surface area (Å²) in [6.07, 6.45) is 0. The fraction of sp³-hybridized carbons (Fsp3) is 0.520. The lowest BCUT2D eigenvalue weighted by Gasteiger charge is -2.11. The second kappa shape index (κ2) is 14.8. The van der Waals surface area contributed by atoms with Crippen LogP contribution in [0.15, 0.2) is 46.2 Å². The van der Waals surface area contributed by atoms with Crippen LogP contribution in [0.2, 0.25) is 5.02 Å². The number of sulfone groups is 2. The number of benzene rings is 2. The van der Waals surface area contributed by atoms with E-state index < -0.39 is 19.7 Å². The zero-order valence-electron chi connectivity index (χ0n) is 21.2. The maximum absolute atomic E-state index is 11.9. The van der Waals surface area contributed by atoms with Crippen molar-refractivity contribution in [3.05, 3.63) is 58.1 Å². The zero-order chi connectivity index (χ0) is 26.7. The number of hydrogen-bond acceptors (Lipinski definition) is 6. The van der Waals surface area contributed by atoms with Gasteiger partial charge in [0.15, 0.2) is 19.7 Å². The fourth-order valence-corrected chi connectivity index (χ4v) is 5.62. The van der Waals surface area contributed by atoms with Gasteiger partial charge in [0.2, 0.25) is 0 Å². The predicted molar refractivity (Wildman–Crippen MR) is 140 cm³/mol. The number of aliphatic hydroxyl groups is 2. The van der Waals surface area contributed by atoms with Crippen molar-refractivity contribution in [1.29, 1.82) is 0 Å². The van der Waals surface area contributed by atoms with E-state index in [1.165, 1.54) is 6.07 Å². The summed E-state index contributed by atoms with van der Waals surface area (Å²) in [5, 5.41) is 17.9. The van der Waals surface area contributed by atoms with Crippen molar-refractivity contribution in [2.75, 3.05) is 24.7 Å². The van der Waals surface area contributed by atoms with Crippen molar-refractivity contribution < 1.29 is 27.0 Å². The molecule has 0 aliphatic carbocycles. The van der Waals surface area contributed by atoms with E-state index in [9.17, 15) is 16.8 Å². The van der Waals surface area contributed by atoms with Crippen molar-refractivity contribution >= 4 is 31.3 Å². The Hall–Kier alpha value is -1.45. The van der Waals surface area contributed by atoms with Crippen molar-refractivity contribution in [2.45, 2.75) is 70.1 Å². The molecule has 0 bridgehead atoms. The molecular weight excluding hydrogens is 496 g/mol. The molecule has 0 heterocycles. The summed E-state index contributed by atoms with van der Waals surface area (Å²) in [6, 6.07) is 10.3. The molecule has 6 nitrogen and oxygen atoms in total. The first-order valence-electron chi connectivity index (χ1n) is 11.3. The number of rotatable bonds is 8. The Morgan fingerprint density at radius 1 is 0.765 bits per heavy atom. The number of hydrogen-bond donors (Lipinski definition) is 2. The Morgan fingerprint density at radius 2 is 1.26 bits per heavy atom. The summed E-state index contributed by atoms with van der Waals surface area (Å²) in [6.45, 7) is 13.0. The molecule has 0 radical (unpaired) electrons. The average Bonchev–Trinajstić information content (AvgIpc) is 2.75. The van der Waals surface area contributed by atoms with E-state index in [2.05, 4.69) is 0 Å². The second-order valence-electron chi connectivity index (χ2n) is 8.14. The van der Waals surface area contributed by atoms with Crippen LogP contribution in [0.1, 0.15) is 70.1 Å². The third-order valence-corrected chi connectivity index (χ3v) is 8.58. The van der Waals surface area contributed by atoms with E-state index in [4.69, 9.17) is 21.8 Å². The van der Waals surface area contributed by atoms with Crippen LogP contribution in [0.25, 0.3) is 0 Å². The van der Waals surface area contributed by atoms with E-state index in [1.807, 2.05) is 53.7 Å². The van der Waals surface area contributed by atoms with Crippen LogP contribution in [-0.2, 0) is 19.7 Å². The van der Waals surface area contributed by atoms with Gasteiger partial charge in [-0.1, -0.05) is 65.3 Å². The van der Waals surface area contributed by atoms with E-state index in [1.54, 1.807) is 25.1 Å². The lowest BCUT2D eigenvalue weighted by Crippen LogP contribution is -2.12. The number of aliphatic hydroxyl groups excluding tert-OH is 2. The highest BCUT2D eigenvalue weighted by molar-refractivity contribution is 7.91. The first kappa shape index (κ1) is 32.5. The summed E-state index contributed by atoms with van der Waals surface area (Å²) >= 11 is 5.87. The van der Waals surface area contributed by atoms with E-state index >= 15 is 0 Å². The number of halogens is 1. The monoisotopic (exact) mass is 534 g/mol. The molecule has 34 heavy (non-hydrogen) atoms. The summed E-state index contributed by atoms with van der Waals surface area (Å²) in [7, 11) is -6.77. The maximum Gasteiger partial charge on any atom is 0.180 e. The molecule has 0 amide bonds. The highest BCUT2D eigenvalue weighted by Gasteiger charge is 2.18. The molecule has 194 valence electrons. The molecule has 0 saturated carbocycles. The Bertz CT molecular complexity index is 1110. The van der Waals surface area contributed by atoms with Crippen LogP contribution >= 0.6 is 11.6 Å². The van der Waals surface area contributed by atoms with Crippen molar-refractivity contribution in [1.82, 2.24) is 0 Å². The molecule has 0 saturated heterocycles. The highest BCUT2D eigenvalue weighted by atomic mass is 35.5. The normalized spacial score (nSPS) is 11.5. The van der Waals surface area contributed by atoms with Gasteiger partial charge in [0.05, 0.1) is 34.5 Å². The number of aryl methyl sites for hydroxylation is 1. The van der Waals surface area contributed by atoms with Crippen LogP contribution in [0.5, 0.6) is 0 Å². The standard InChI is InChI=1S/C12H18O3S.C11H15ClO3S.C2H6/c1-9(2)11-5-4-10(3)12(8-11)16(14,15)7-6-13;1-8(2)9-5-10(12)7-11(6-9)16(14,15)4-3-13;1-2/h4-5,8-9,13H,6-7H2,1-3H3;5-8,13H,3-4H2,1-2H3;1-2H3. The molecule has 2 aromatic rings. The Balaban J connectivity index is 0.000000597. The maximum atomic E-state index is 11.9. The zero-order valence-corrected chi connectivity index (χ0v) is 23.6. The molecule has 0 aliphatic rings. The summed E-state index contributed by atoms with van der Waals surface area (Å²) in [4.78, 5) is 0.519. The van der Waals surface area contributed by atoms with Gasteiger partial charge in [0, 0.05) is 5.02 Å². The average molecular weight is 535 g/mol. The van der Waals surface area contributed by atoms with Gasteiger partial charge in [-0.25, -0.2) is 16.8 Å². The van der Waals surface area contributed by atoms with Gasteiger partial charge in [0.1, 0.15) is 0 Å². The first-order chi connectivity index (χ1) is 15.7. The lowest BCUT2D eigenvalue weighted by molar-refractivity contribution is 0.319. The molecule has 9 heteroatoms. The first-order valence-corrected chi connectivity index (χ1v) is 15.0. The molecule has 0 atom stereocenters. The Kier molecular flexibility index (Phi) is 14.2. The fourth-order valence-electron chi connectivity index (χ4n) is 2.88. The summed E-state index contributed by atoms with van der Waals surface area (Å²) in [5.74, 6) is 0.0192. The highest BCUT2D eigenvalue weighted by Crippen LogP contribution is 2.25. The molecule has 0 aromatic heterocycles. The van der Waals surface area contributed by atoms with Crippen molar-refractivity contribution in [2.24, 2.45) is 0 Å². The smallest absolute Gasteiger partial charge is 0.180 e. The van der Waals surface area contributed by atoms with Gasteiger partial charge in [-0.05, 0) is 59.7 Å². The molecule has 0 spiro atoms. The molecule has 2 rings (SSSR count). The molecule has 2 aromatic carbocycles. The minimum Gasteiger partial charge on any atom is -0.395 e. The third-order valence-electron chi connectivity index (χ3n) is 4.85. The van der Waals surface area contributed by atoms with Crippen molar-refractivity contribution in [3.8, 4) is 0 Å². The van der Waals surface area contributed by atoms with Gasteiger partial charge in [0.25, 0.3) is 0 Å². The Morgan fingerprint density at radius 3 is 1.74 bits per heavy atom. The van der Waals surface area contributed by atoms with E-state index in [-0.39, 0.29) is 35.5 Å². The molecule has 0 aliphatic heterocycles. The molecule has 0 unspecified atom stereocenters. The molecular formula is C25H39ClO6S2. The molecule has 2 N–H and O–H groups in total.